The van der Waals surface area contributed by atoms with Crippen LogP contribution >= 0.6 is 11.6 Å². The fraction of sp³-hybridized carbons (Fsp3) is 0.182. The molecule has 8 heteroatoms. The number of halogens is 4. The normalized spacial score (nSPS) is 11.6. The lowest BCUT2D eigenvalue weighted by atomic mass is 10.1. The first-order valence-corrected chi connectivity index (χ1v) is 5.46. The Kier molecular flexibility index (Phi) is 3.32. The van der Waals surface area contributed by atoms with Crippen molar-refractivity contribution in [3.8, 4) is 5.69 Å². The summed E-state index contributed by atoms with van der Waals surface area (Å²) in [6.07, 6.45) is -2.56. The number of aromatic nitrogens is 3. The molecule has 2 aromatic heterocycles. The number of hydrogen-bond donors (Lipinski definition) is 0. The molecular weight excluding hydrogens is 283 g/mol. The minimum absolute atomic E-state index is 0.0329. The maximum atomic E-state index is 13.0. The van der Waals surface area contributed by atoms with Crippen LogP contribution in [0.3, 0.4) is 0 Å². The van der Waals surface area contributed by atoms with Gasteiger partial charge >= 0.3 is 6.18 Å². The molecule has 0 spiro atoms. The number of rotatable bonds is 2. The molecule has 0 aliphatic carbocycles. The van der Waals surface area contributed by atoms with E-state index in [-0.39, 0.29) is 10.8 Å². The third-order valence-electron chi connectivity index (χ3n) is 2.37. The summed E-state index contributed by atoms with van der Waals surface area (Å²) in [6.45, 7) is 1.05. The van der Waals surface area contributed by atoms with E-state index in [0.29, 0.717) is 4.68 Å². The fourth-order valence-electron chi connectivity index (χ4n) is 1.60. The van der Waals surface area contributed by atoms with Gasteiger partial charge in [0.25, 0.3) is 0 Å². The summed E-state index contributed by atoms with van der Waals surface area (Å²) in [7, 11) is 0. The van der Waals surface area contributed by atoms with Crippen LogP contribution in [-0.2, 0) is 6.18 Å². The molecule has 0 radical (unpaired) electrons. The van der Waals surface area contributed by atoms with Crippen molar-refractivity contribution in [2.24, 2.45) is 0 Å². The monoisotopic (exact) mass is 289 g/mol. The van der Waals surface area contributed by atoms with E-state index in [1.165, 1.54) is 18.3 Å². The third kappa shape index (κ3) is 2.60. The molecule has 100 valence electrons. The summed E-state index contributed by atoms with van der Waals surface area (Å²) < 4.78 is 39.7. The van der Waals surface area contributed by atoms with Crippen molar-refractivity contribution in [2.75, 3.05) is 0 Å². The Hall–Kier alpha value is -1.89. The summed E-state index contributed by atoms with van der Waals surface area (Å²) in [4.78, 5) is 14.9. The zero-order valence-electron chi connectivity index (χ0n) is 9.57. The van der Waals surface area contributed by atoms with Crippen molar-refractivity contribution in [1.82, 2.24) is 14.8 Å². The number of Topliss-reactive ketones (excluding diaryl/α,β-unsaturated/α-hetero) is 1. The number of alkyl halides is 3. The summed E-state index contributed by atoms with van der Waals surface area (Å²) in [6, 6.07) is 2.55. The topological polar surface area (TPSA) is 47.8 Å². The van der Waals surface area contributed by atoms with Crippen LogP contribution in [0.5, 0.6) is 0 Å². The van der Waals surface area contributed by atoms with Gasteiger partial charge in [0.05, 0.1) is 17.4 Å². The highest BCUT2D eigenvalue weighted by Gasteiger charge is 2.39. The van der Waals surface area contributed by atoms with E-state index in [4.69, 9.17) is 11.6 Å². The first-order valence-electron chi connectivity index (χ1n) is 5.09. The quantitative estimate of drug-likeness (QED) is 0.630. The Balaban J connectivity index is 2.68. The maximum absolute atomic E-state index is 13.0. The van der Waals surface area contributed by atoms with Crippen LogP contribution in [0.15, 0.2) is 24.5 Å². The second-order valence-corrected chi connectivity index (χ2v) is 4.10. The van der Waals surface area contributed by atoms with E-state index in [1.54, 1.807) is 0 Å². The van der Waals surface area contributed by atoms with Crippen molar-refractivity contribution >= 4 is 17.4 Å². The lowest BCUT2D eigenvalue weighted by Gasteiger charge is -2.11. The van der Waals surface area contributed by atoms with Crippen LogP contribution in [-0.4, -0.2) is 20.5 Å². The van der Waals surface area contributed by atoms with Gasteiger partial charge in [-0.3, -0.25) is 4.79 Å². The van der Waals surface area contributed by atoms with Crippen molar-refractivity contribution in [1.29, 1.82) is 0 Å². The number of carbonyl (C=O) groups is 1. The molecule has 0 unspecified atom stereocenters. The molecule has 0 aromatic carbocycles. The van der Waals surface area contributed by atoms with E-state index < -0.39 is 23.2 Å². The molecule has 0 fully saturated rings. The summed E-state index contributed by atoms with van der Waals surface area (Å²) in [5.74, 6) is -0.710. The van der Waals surface area contributed by atoms with Crippen molar-refractivity contribution in [3.05, 3.63) is 40.9 Å². The molecule has 0 saturated heterocycles. The van der Waals surface area contributed by atoms with Gasteiger partial charge in [-0.15, -0.1) is 0 Å². The molecule has 2 rings (SSSR count). The first-order chi connectivity index (χ1) is 8.80. The van der Waals surface area contributed by atoms with Gasteiger partial charge in [0.15, 0.2) is 11.5 Å². The minimum Gasteiger partial charge on any atom is -0.294 e. The molecule has 0 saturated carbocycles. The molecule has 2 aromatic rings. The van der Waals surface area contributed by atoms with E-state index in [0.717, 1.165) is 13.1 Å². The Labute approximate surface area is 110 Å². The maximum Gasteiger partial charge on any atom is 0.434 e. The molecule has 0 aliphatic heterocycles. The van der Waals surface area contributed by atoms with Crippen LogP contribution in [0, 0.1) is 0 Å². The van der Waals surface area contributed by atoms with Gasteiger partial charge in [0.1, 0.15) is 5.15 Å². The van der Waals surface area contributed by atoms with E-state index in [1.807, 2.05) is 0 Å². The van der Waals surface area contributed by atoms with E-state index in [9.17, 15) is 18.0 Å². The molecule has 4 nitrogen and oxygen atoms in total. The minimum atomic E-state index is -4.70. The second kappa shape index (κ2) is 4.65. The van der Waals surface area contributed by atoms with Gasteiger partial charge < -0.3 is 0 Å². The summed E-state index contributed by atoms with van der Waals surface area (Å²) >= 11 is 5.63. The molecule has 2 heterocycles. The average molecular weight is 290 g/mol. The van der Waals surface area contributed by atoms with Gasteiger partial charge in [0, 0.05) is 12.3 Å². The first kappa shape index (κ1) is 13.5. The summed E-state index contributed by atoms with van der Waals surface area (Å²) in [5.41, 5.74) is -1.53. The Morgan fingerprint density at radius 2 is 2.11 bits per heavy atom. The van der Waals surface area contributed by atoms with Gasteiger partial charge in [-0.1, -0.05) is 11.6 Å². The van der Waals surface area contributed by atoms with Crippen LogP contribution in [0.25, 0.3) is 5.69 Å². The smallest absolute Gasteiger partial charge is 0.294 e. The van der Waals surface area contributed by atoms with Crippen LogP contribution < -0.4 is 0 Å². The highest BCUT2D eigenvalue weighted by Crippen LogP contribution is 2.33. The summed E-state index contributed by atoms with van der Waals surface area (Å²) in [5, 5.41) is 3.64. The molecule has 0 aliphatic rings. The van der Waals surface area contributed by atoms with Gasteiger partial charge in [-0.05, 0) is 13.0 Å². The molecular formula is C11H7ClF3N3O. The number of nitrogens with zero attached hydrogens (tertiary/aromatic N) is 3. The standard InChI is InChI=1S/C11H7ClF3N3O/c1-6(19)8-5-17-18(10(8)11(13,14)15)7-2-3-16-9(12)4-7/h2-5H,1H3. The predicted molar refractivity (Wildman–Crippen MR) is 61.4 cm³/mol. The van der Waals surface area contributed by atoms with E-state index >= 15 is 0 Å². The Morgan fingerprint density at radius 3 is 2.63 bits per heavy atom. The highest BCUT2D eigenvalue weighted by atomic mass is 35.5. The SMILES string of the molecule is CC(=O)c1cnn(-c2ccnc(Cl)c2)c1C(F)(F)F. The molecule has 19 heavy (non-hydrogen) atoms. The molecule has 0 N–H and O–H groups in total. The second-order valence-electron chi connectivity index (χ2n) is 3.71. The zero-order valence-corrected chi connectivity index (χ0v) is 10.3. The van der Waals surface area contributed by atoms with Crippen molar-refractivity contribution in [3.63, 3.8) is 0 Å². The van der Waals surface area contributed by atoms with Gasteiger partial charge in [0.2, 0.25) is 0 Å². The number of carbonyl (C=O) groups excluding carboxylic acids is 1. The highest BCUT2D eigenvalue weighted by molar-refractivity contribution is 6.29. The number of hydrogen-bond acceptors (Lipinski definition) is 3. The zero-order chi connectivity index (χ0) is 14.2. The van der Waals surface area contributed by atoms with Crippen molar-refractivity contribution in [2.45, 2.75) is 13.1 Å². The van der Waals surface area contributed by atoms with Crippen LogP contribution in [0.2, 0.25) is 5.15 Å². The fourth-order valence-corrected chi connectivity index (χ4v) is 1.77. The van der Waals surface area contributed by atoms with Crippen LogP contribution in [0.4, 0.5) is 13.2 Å². The Morgan fingerprint density at radius 1 is 1.42 bits per heavy atom. The number of pyridine rings is 1. The largest absolute Gasteiger partial charge is 0.434 e. The van der Waals surface area contributed by atoms with Crippen LogP contribution in [0.1, 0.15) is 23.0 Å². The number of ketones is 1. The van der Waals surface area contributed by atoms with E-state index in [2.05, 4.69) is 10.1 Å². The third-order valence-corrected chi connectivity index (χ3v) is 2.58. The Bertz CT molecular complexity index is 636. The van der Waals surface area contributed by atoms with Gasteiger partial charge in [-0.25, -0.2) is 9.67 Å². The lowest BCUT2D eigenvalue weighted by molar-refractivity contribution is -0.143. The lowest BCUT2D eigenvalue weighted by Crippen LogP contribution is -2.16. The molecule has 0 bridgehead atoms. The molecule has 0 atom stereocenters. The van der Waals surface area contributed by atoms with Crippen molar-refractivity contribution < 1.29 is 18.0 Å². The van der Waals surface area contributed by atoms with Gasteiger partial charge in [-0.2, -0.15) is 18.3 Å². The predicted octanol–water partition coefficient (Wildman–Crippen LogP) is 3.14. The molecule has 0 amide bonds. The average Bonchev–Trinajstić information content (AvgIpc) is 2.73.